The van der Waals surface area contributed by atoms with Crippen molar-refractivity contribution in [2.45, 2.75) is 13.8 Å². The second-order valence-electron chi connectivity index (χ2n) is 6.16. The number of benzene rings is 2. The Kier molecular flexibility index (Phi) is 5.94. The van der Waals surface area contributed by atoms with E-state index in [1.165, 1.54) is 11.8 Å². The van der Waals surface area contributed by atoms with E-state index in [1.807, 2.05) is 32.0 Å². The fourth-order valence-corrected chi connectivity index (χ4v) is 3.85. The Hall–Kier alpha value is -2.93. The van der Waals surface area contributed by atoms with Crippen LogP contribution in [0, 0.1) is 6.92 Å². The van der Waals surface area contributed by atoms with Gasteiger partial charge in [0.15, 0.2) is 16.7 Å². The molecule has 1 amide bonds. The van der Waals surface area contributed by atoms with E-state index in [0.717, 1.165) is 11.1 Å². The van der Waals surface area contributed by atoms with E-state index in [4.69, 9.17) is 9.47 Å². The van der Waals surface area contributed by atoms with Gasteiger partial charge in [-0.1, -0.05) is 12.1 Å². The molecule has 0 bridgehead atoms. The molecule has 1 fully saturated rings. The van der Waals surface area contributed by atoms with Gasteiger partial charge in [-0.3, -0.25) is 9.69 Å². The predicted octanol–water partition coefficient (Wildman–Crippen LogP) is 4.34. The number of nitrogens with zero attached hydrogens (tertiary/aromatic N) is 2. The van der Waals surface area contributed by atoms with Gasteiger partial charge in [-0.2, -0.15) is 0 Å². The highest BCUT2D eigenvalue weighted by molar-refractivity contribution is 8.18. The standard InChI is InChI=1S/C21H22N2O4S/c1-5-23-20(25)19(12-14-7-9-17(26-3)18(11-14)27-4)28-21(23)22-15-8-6-13(2)10-16(15)24/h6-12,24H,5H2,1-4H3/b19-12-,22-21?. The van der Waals surface area contributed by atoms with E-state index in [0.29, 0.717) is 33.8 Å². The van der Waals surface area contributed by atoms with Crippen LogP contribution in [-0.2, 0) is 4.79 Å². The van der Waals surface area contributed by atoms with Crippen LogP contribution in [0.3, 0.4) is 0 Å². The van der Waals surface area contributed by atoms with Crippen LogP contribution in [0.15, 0.2) is 46.3 Å². The molecule has 0 radical (unpaired) electrons. The lowest BCUT2D eigenvalue weighted by molar-refractivity contribution is -0.122. The second kappa shape index (κ2) is 8.39. The number of thioether (sulfide) groups is 1. The largest absolute Gasteiger partial charge is 0.506 e. The Balaban J connectivity index is 1.95. The molecule has 0 saturated carbocycles. The summed E-state index contributed by atoms with van der Waals surface area (Å²) in [4.78, 5) is 19.4. The number of hydrogen-bond acceptors (Lipinski definition) is 6. The first-order chi connectivity index (χ1) is 13.5. The molecular formula is C21H22N2O4S. The number of rotatable bonds is 5. The Morgan fingerprint density at radius 3 is 2.54 bits per heavy atom. The normalized spacial score (nSPS) is 16.9. The molecule has 7 heteroatoms. The zero-order valence-corrected chi connectivity index (χ0v) is 17.0. The fourth-order valence-electron chi connectivity index (χ4n) is 2.80. The maximum atomic E-state index is 12.8. The van der Waals surface area contributed by atoms with Gasteiger partial charge in [-0.15, -0.1) is 0 Å². The van der Waals surface area contributed by atoms with E-state index in [9.17, 15) is 9.90 Å². The van der Waals surface area contributed by atoms with Crippen molar-refractivity contribution in [1.82, 2.24) is 4.90 Å². The summed E-state index contributed by atoms with van der Waals surface area (Å²) in [5, 5.41) is 10.7. The van der Waals surface area contributed by atoms with E-state index in [1.54, 1.807) is 43.4 Å². The van der Waals surface area contributed by atoms with Crippen molar-refractivity contribution in [1.29, 1.82) is 0 Å². The Morgan fingerprint density at radius 2 is 1.89 bits per heavy atom. The van der Waals surface area contributed by atoms with Gasteiger partial charge in [-0.05, 0) is 67.1 Å². The lowest BCUT2D eigenvalue weighted by Gasteiger charge is -2.12. The van der Waals surface area contributed by atoms with Crippen LogP contribution in [0.5, 0.6) is 17.2 Å². The molecule has 0 aromatic heterocycles. The van der Waals surface area contributed by atoms with Crippen molar-refractivity contribution in [2.75, 3.05) is 20.8 Å². The van der Waals surface area contributed by atoms with Gasteiger partial charge in [0, 0.05) is 6.54 Å². The van der Waals surface area contributed by atoms with Crippen LogP contribution in [0.4, 0.5) is 5.69 Å². The van der Waals surface area contributed by atoms with Crippen LogP contribution >= 0.6 is 11.8 Å². The van der Waals surface area contributed by atoms with Crippen molar-refractivity contribution in [3.05, 3.63) is 52.4 Å². The molecule has 1 aliphatic heterocycles. The number of amides is 1. The molecule has 0 atom stereocenters. The van der Waals surface area contributed by atoms with Gasteiger partial charge in [0.05, 0.1) is 19.1 Å². The molecule has 28 heavy (non-hydrogen) atoms. The number of methoxy groups -OCH3 is 2. The number of carbonyl (C=O) groups is 1. The van der Waals surface area contributed by atoms with Gasteiger partial charge < -0.3 is 14.6 Å². The minimum Gasteiger partial charge on any atom is -0.506 e. The average molecular weight is 398 g/mol. The summed E-state index contributed by atoms with van der Waals surface area (Å²) in [6, 6.07) is 10.7. The molecule has 6 nitrogen and oxygen atoms in total. The Morgan fingerprint density at radius 1 is 1.14 bits per heavy atom. The SMILES string of the molecule is CCN1C(=O)/C(=C/c2ccc(OC)c(OC)c2)SC1=Nc1ccc(C)cc1O. The summed E-state index contributed by atoms with van der Waals surface area (Å²) in [7, 11) is 3.15. The number of phenols is 1. The summed E-state index contributed by atoms with van der Waals surface area (Å²) in [5.41, 5.74) is 2.20. The highest BCUT2D eigenvalue weighted by Crippen LogP contribution is 2.37. The first-order valence-corrected chi connectivity index (χ1v) is 9.60. The van der Waals surface area contributed by atoms with Gasteiger partial charge in [0.2, 0.25) is 0 Å². The lowest BCUT2D eigenvalue weighted by atomic mass is 10.2. The number of carbonyl (C=O) groups excluding carboxylic acids is 1. The van der Waals surface area contributed by atoms with Gasteiger partial charge >= 0.3 is 0 Å². The highest BCUT2D eigenvalue weighted by Gasteiger charge is 2.32. The van der Waals surface area contributed by atoms with Crippen molar-refractivity contribution >= 4 is 34.6 Å². The Labute approximate surface area is 168 Å². The summed E-state index contributed by atoms with van der Waals surface area (Å²) in [5.74, 6) is 1.20. The van der Waals surface area contributed by atoms with Crippen LogP contribution in [0.1, 0.15) is 18.1 Å². The monoisotopic (exact) mass is 398 g/mol. The molecule has 0 aliphatic carbocycles. The molecule has 2 aromatic carbocycles. The zero-order valence-electron chi connectivity index (χ0n) is 16.2. The Bertz CT molecular complexity index is 969. The first kappa shape index (κ1) is 19.8. The summed E-state index contributed by atoms with van der Waals surface area (Å²) in [6.45, 7) is 4.27. The maximum absolute atomic E-state index is 12.8. The minimum absolute atomic E-state index is 0.0916. The summed E-state index contributed by atoms with van der Waals surface area (Å²) < 4.78 is 10.6. The summed E-state index contributed by atoms with van der Waals surface area (Å²) >= 11 is 1.28. The second-order valence-corrected chi connectivity index (χ2v) is 7.17. The molecule has 1 N–H and O–H groups in total. The smallest absolute Gasteiger partial charge is 0.266 e. The topological polar surface area (TPSA) is 71.4 Å². The molecule has 0 unspecified atom stereocenters. The number of likely N-dealkylation sites (N-methyl/N-ethyl adjacent to an activating group) is 1. The van der Waals surface area contributed by atoms with Crippen LogP contribution in [0.25, 0.3) is 6.08 Å². The van der Waals surface area contributed by atoms with Crippen molar-refractivity contribution in [3.63, 3.8) is 0 Å². The first-order valence-electron chi connectivity index (χ1n) is 8.78. The van der Waals surface area contributed by atoms with Gasteiger partial charge in [0.1, 0.15) is 11.4 Å². The third-order valence-electron chi connectivity index (χ3n) is 4.26. The third-order valence-corrected chi connectivity index (χ3v) is 5.26. The van der Waals surface area contributed by atoms with E-state index in [2.05, 4.69) is 4.99 Å². The number of aryl methyl sites for hydroxylation is 1. The molecule has 1 saturated heterocycles. The third kappa shape index (κ3) is 3.99. The molecule has 0 spiro atoms. The fraction of sp³-hybridized carbons (Fsp3) is 0.238. The number of hydrogen-bond donors (Lipinski definition) is 1. The molecule has 146 valence electrons. The maximum Gasteiger partial charge on any atom is 0.266 e. The molecular weight excluding hydrogens is 376 g/mol. The highest BCUT2D eigenvalue weighted by atomic mass is 32.2. The average Bonchev–Trinajstić information content (AvgIpc) is 2.98. The number of aromatic hydroxyl groups is 1. The van der Waals surface area contributed by atoms with E-state index in [-0.39, 0.29) is 11.7 Å². The van der Waals surface area contributed by atoms with Crippen molar-refractivity contribution in [2.24, 2.45) is 4.99 Å². The summed E-state index contributed by atoms with van der Waals surface area (Å²) in [6.07, 6.45) is 1.80. The molecule has 1 aliphatic rings. The number of phenolic OH excluding ortho intramolecular Hbond substituents is 1. The van der Waals surface area contributed by atoms with Crippen LogP contribution in [0.2, 0.25) is 0 Å². The lowest BCUT2D eigenvalue weighted by Crippen LogP contribution is -2.28. The number of amidine groups is 1. The quantitative estimate of drug-likeness (QED) is 0.759. The number of aliphatic imine (C=N–C) groups is 1. The van der Waals surface area contributed by atoms with Crippen molar-refractivity contribution < 1.29 is 19.4 Å². The predicted molar refractivity (Wildman–Crippen MR) is 112 cm³/mol. The van der Waals surface area contributed by atoms with Crippen molar-refractivity contribution in [3.8, 4) is 17.2 Å². The zero-order chi connectivity index (χ0) is 20.3. The van der Waals surface area contributed by atoms with Gasteiger partial charge in [-0.25, -0.2) is 4.99 Å². The molecule has 3 rings (SSSR count). The van der Waals surface area contributed by atoms with E-state index >= 15 is 0 Å². The molecule has 2 aromatic rings. The van der Waals surface area contributed by atoms with E-state index < -0.39 is 0 Å². The molecule has 1 heterocycles. The minimum atomic E-state index is -0.118. The van der Waals surface area contributed by atoms with Gasteiger partial charge in [0.25, 0.3) is 5.91 Å². The van der Waals surface area contributed by atoms with Crippen LogP contribution < -0.4 is 9.47 Å². The number of ether oxygens (including phenoxy) is 2. The van der Waals surface area contributed by atoms with Crippen LogP contribution in [-0.4, -0.2) is 41.8 Å².